The topological polar surface area (TPSA) is 49.7 Å². The molecule has 1 aliphatic carbocycles. The van der Waals surface area contributed by atoms with Crippen LogP contribution >= 0.6 is 27.6 Å². The van der Waals surface area contributed by atoms with Gasteiger partial charge in [-0.15, -0.1) is 0 Å². The minimum absolute atomic E-state index is 0.0440. The van der Waals surface area contributed by atoms with Crippen LogP contribution in [-0.4, -0.2) is 17.1 Å². The third-order valence-corrected chi connectivity index (χ3v) is 4.00. The second-order valence-corrected chi connectivity index (χ2v) is 12.5. The van der Waals surface area contributed by atoms with Gasteiger partial charge in [-0.1, -0.05) is 42.5 Å². The summed E-state index contributed by atoms with van der Waals surface area (Å²) in [5.41, 5.74) is 3.96. The molecule has 0 aromatic heterocycles. The summed E-state index contributed by atoms with van der Waals surface area (Å²) in [4.78, 5) is 16.8. The molecule has 26 heavy (non-hydrogen) atoms. The van der Waals surface area contributed by atoms with Crippen molar-refractivity contribution >= 4 is 45.3 Å². The van der Waals surface area contributed by atoms with Gasteiger partial charge in [-0.05, 0) is 29.8 Å². The molecule has 0 radical (unpaired) electrons. The maximum absolute atomic E-state index is 12.4. The van der Waals surface area contributed by atoms with Crippen LogP contribution in [0, 0.1) is 0 Å². The molecule has 1 N–H and O–H groups in total. The normalized spacial score (nSPS) is 11.5. The average Bonchev–Trinajstić information content (AvgIpc) is 2.96. The number of rotatable bonds is 2. The Hall–Kier alpha value is -1.66. The zero-order chi connectivity index (χ0) is 18.5. The molecule has 0 bridgehead atoms. The van der Waals surface area contributed by atoms with E-state index in [1.807, 2.05) is 48.5 Å². The first-order valence-electron chi connectivity index (χ1n) is 7.68. The molecule has 0 saturated heterocycles. The number of phenols is 1. The Morgan fingerprint density at radius 2 is 1.46 bits per heavy atom. The number of hydrogen-bond acceptors (Lipinski definition) is 3. The van der Waals surface area contributed by atoms with E-state index in [1.54, 1.807) is 24.4 Å². The van der Waals surface area contributed by atoms with Crippen molar-refractivity contribution in [2.75, 3.05) is 0 Å². The predicted molar refractivity (Wildman–Crippen MR) is 109 cm³/mol. The van der Waals surface area contributed by atoms with Crippen LogP contribution in [0.5, 0.6) is 5.75 Å². The van der Waals surface area contributed by atoms with Crippen molar-refractivity contribution in [1.82, 2.24) is 0 Å². The van der Waals surface area contributed by atoms with Crippen LogP contribution in [0.3, 0.4) is 0 Å². The molecule has 0 amide bonds. The van der Waals surface area contributed by atoms with E-state index >= 15 is 0 Å². The van der Waals surface area contributed by atoms with Crippen molar-refractivity contribution in [2.45, 2.75) is 0 Å². The number of ketones is 1. The van der Waals surface area contributed by atoms with Gasteiger partial charge in [0.05, 0.1) is 5.69 Å². The summed E-state index contributed by atoms with van der Waals surface area (Å²) in [7, 11) is 0. The third kappa shape index (κ3) is 3.86. The molecule has 3 aromatic rings. The zero-order valence-corrected chi connectivity index (χ0v) is 18.0. The van der Waals surface area contributed by atoms with E-state index in [1.165, 1.54) is 0 Å². The van der Waals surface area contributed by atoms with Gasteiger partial charge >= 0.3 is 40.1 Å². The van der Waals surface area contributed by atoms with Crippen molar-refractivity contribution in [2.24, 2.45) is 4.99 Å². The molecule has 0 atom stereocenters. The molecule has 3 aromatic carbocycles. The van der Waals surface area contributed by atoms with Gasteiger partial charge in [-0.3, -0.25) is 9.79 Å². The summed E-state index contributed by atoms with van der Waals surface area (Å²) < 4.78 is 0. The molecule has 3 nitrogen and oxygen atoms in total. The summed E-state index contributed by atoms with van der Waals surface area (Å²) in [5, 5.41) is 10.6. The molecule has 0 saturated carbocycles. The zero-order valence-electron chi connectivity index (χ0n) is 13.4. The van der Waals surface area contributed by atoms with Crippen molar-refractivity contribution in [1.29, 1.82) is 0 Å². The second-order valence-electron chi connectivity index (χ2n) is 5.46. The van der Waals surface area contributed by atoms with Gasteiger partial charge in [0.1, 0.15) is 5.75 Å². The van der Waals surface area contributed by atoms with Crippen LogP contribution < -0.4 is 0 Å². The molecule has 129 valence electrons. The number of aromatic hydroxyl groups is 1. The predicted octanol–water partition coefficient (Wildman–Crippen LogP) is 6.04. The SMILES string of the molecule is O=C1c2ccccc2-c2c1ccc(C=Nc1ccccc1)c2O.[Br][V][Br]. The molecular weight excluding hydrogens is 497 g/mol. The van der Waals surface area contributed by atoms with Crippen molar-refractivity contribution in [3.63, 3.8) is 0 Å². The van der Waals surface area contributed by atoms with Crippen LogP contribution in [0.4, 0.5) is 5.69 Å². The van der Waals surface area contributed by atoms with Gasteiger partial charge in [-0.2, -0.15) is 0 Å². The van der Waals surface area contributed by atoms with E-state index < -0.39 is 0 Å². The van der Waals surface area contributed by atoms with E-state index in [0.29, 0.717) is 34.7 Å². The van der Waals surface area contributed by atoms with Gasteiger partial charge in [0.25, 0.3) is 0 Å². The monoisotopic (exact) mass is 508 g/mol. The first-order valence-corrected chi connectivity index (χ1v) is 14.6. The third-order valence-electron chi connectivity index (χ3n) is 4.00. The van der Waals surface area contributed by atoms with Crippen LogP contribution in [0.15, 0.2) is 71.7 Å². The minimum atomic E-state index is -0.0440. The van der Waals surface area contributed by atoms with Crippen LogP contribution in [0.25, 0.3) is 11.1 Å². The molecule has 0 aliphatic heterocycles. The molecule has 6 heteroatoms. The Labute approximate surface area is 172 Å². The quantitative estimate of drug-likeness (QED) is 0.335. The number of phenolic OH excluding ortho intramolecular Hbond substituents is 1. The molecule has 0 fully saturated rings. The fourth-order valence-corrected chi connectivity index (χ4v) is 2.88. The maximum atomic E-state index is 12.4. The van der Waals surface area contributed by atoms with Gasteiger partial charge < -0.3 is 5.11 Å². The number of benzene rings is 3. The Bertz CT molecular complexity index is 975. The summed E-state index contributed by atoms with van der Waals surface area (Å²) in [6, 6.07) is 20.3. The van der Waals surface area contributed by atoms with E-state index in [-0.39, 0.29) is 11.5 Å². The van der Waals surface area contributed by atoms with Gasteiger partial charge in [0.15, 0.2) is 5.78 Å². The first-order chi connectivity index (χ1) is 12.7. The van der Waals surface area contributed by atoms with E-state index in [0.717, 1.165) is 11.3 Å². The van der Waals surface area contributed by atoms with Crippen LogP contribution in [-0.2, 0) is 12.5 Å². The van der Waals surface area contributed by atoms with Crippen molar-refractivity contribution in [3.05, 3.63) is 83.4 Å². The standard InChI is InChI=1S/C20H13NO2.2BrH.V/c22-19-13(12-21-14-6-2-1-3-7-14)10-11-17-18(19)15-8-4-5-9-16(15)20(17)23;;;/h1-12,22H;2*1H;/q;;;+2/p-2. The number of fused-ring (bicyclic) bond motifs is 3. The number of carbonyl (C=O) groups excluding carboxylic acids is 1. The molecule has 0 spiro atoms. The van der Waals surface area contributed by atoms with Crippen LogP contribution in [0.1, 0.15) is 21.5 Å². The second kappa shape index (κ2) is 8.82. The Morgan fingerprint density at radius 3 is 2.15 bits per heavy atom. The average molecular weight is 510 g/mol. The Morgan fingerprint density at radius 1 is 0.846 bits per heavy atom. The molecule has 4 rings (SSSR count). The Balaban J connectivity index is 0.000000613. The number of nitrogens with zero attached hydrogens (tertiary/aromatic N) is 1. The Kier molecular flexibility index (Phi) is 6.49. The van der Waals surface area contributed by atoms with Crippen molar-refractivity contribution < 1.29 is 22.4 Å². The summed E-state index contributed by atoms with van der Waals surface area (Å²) in [6.07, 6.45) is 1.62. The van der Waals surface area contributed by atoms with E-state index in [9.17, 15) is 9.90 Å². The van der Waals surface area contributed by atoms with E-state index in [2.05, 4.69) is 32.6 Å². The van der Waals surface area contributed by atoms with Gasteiger partial charge in [0.2, 0.25) is 0 Å². The number of hydrogen-bond donors (Lipinski definition) is 1. The number of halogens is 2. The number of aliphatic imine (C=N–C) groups is 1. The summed E-state index contributed by atoms with van der Waals surface area (Å²) in [5.74, 6) is 0.0536. The summed E-state index contributed by atoms with van der Waals surface area (Å²) in [6.45, 7) is 0. The van der Waals surface area contributed by atoms with Crippen molar-refractivity contribution in [3.8, 4) is 16.9 Å². The molecule has 0 heterocycles. The summed E-state index contributed by atoms with van der Waals surface area (Å²) >= 11 is 6.62. The fraction of sp³-hybridized carbons (Fsp3) is 0. The van der Waals surface area contributed by atoms with Crippen LogP contribution in [0.2, 0.25) is 0 Å². The van der Waals surface area contributed by atoms with Gasteiger partial charge in [0, 0.05) is 28.5 Å². The fourth-order valence-electron chi connectivity index (χ4n) is 2.88. The molecular formula is C20H13Br2NO2V. The van der Waals surface area contributed by atoms with E-state index in [4.69, 9.17) is 0 Å². The first kappa shape index (κ1) is 19.1. The molecule has 1 aliphatic rings. The number of carbonyl (C=O) groups is 1. The van der Waals surface area contributed by atoms with Gasteiger partial charge in [-0.25, -0.2) is 0 Å². The molecule has 0 unspecified atom stereocenters. The number of para-hydroxylation sites is 1.